The topological polar surface area (TPSA) is 63.4 Å². The minimum Gasteiger partial charge on any atom is -0.326 e. The Morgan fingerprint density at radius 3 is 2.28 bits per heavy atom. The third kappa shape index (κ3) is 3.45. The van der Waals surface area contributed by atoms with Gasteiger partial charge in [0.05, 0.1) is 5.25 Å². The summed E-state index contributed by atoms with van der Waals surface area (Å²) in [5.41, 5.74) is 6.29. The van der Waals surface area contributed by atoms with Gasteiger partial charge in [0.15, 0.2) is 0 Å². The highest BCUT2D eigenvalue weighted by Gasteiger charge is 2.38. The number of hydrogen-bond acceptors (Lipinski definition) is 4. The average Bonchev–Trinajstić information content (AvgIpc) is 2.26. The van der Waals surface area contributed by atoms with Gasteiger partial charge in [0.1, 0.15) is 9.84 Å². The first-order chi connectivity index (χ1) is 8.06. The number of sulfone groups is 1. The molecule has 3 atom stereocenters. The Labute approximate surface area is 112 Å². The number of hydrogen-bond donors (Lipinski definition) is 1. The molecule has 0 aliphatic heterocycles. The quantitative estimate of drug-likeness (QED) is 0.839. The van der Waals surface area contributed by atoms with Crippen molar-refractivity contribution in [3.63, 3.8) is 0 Å². The molecule has 4 nitrogen and oxygen atoms in total. The monoisotopic (exact) mass is 276 g/mol. The molecule has 0 saturated heterocycles. The van der Waals surface area contributed by atoms with E-state index in [0.29, 0.717) is 5.92 Å². The first-order valence-corrected chi connectivity index (χ1v) is 8.64. The van der Waals surface area contributed by atoms with Gasteiger partial charge in [0.25, 0.3) is 0 Å². The molecule has 0 aromatic carbocycles. The highest BCUT2D eigenvalue weighted by atomic mass is 32.2. The van der Waals surface area contributed by atoms with Crippen LogP contribution < -0.4 is 5.73 Å². The Kier molecular flexibility index (Phi) is 4.84. The molecule has 1 aliphatic carbocycles. The molecule has 1 rings (SSSR count). The molecule has 3 unspecified atom stereocenters. The molecule has 1 fully saturated rings. The molecule has 0 heterocycles. The summed E-state index contributed by atoms with van der Waals surface area (Å²) >= 11 is 0. The minimum absolute atomic E-state index is 0.0112. The Morgan fingerprint density at radius 2 is 1.83 bits per heavy atom. The van der Waals surface area contributed by atoms with Crippen LogP contribution in [0.2, 0.25) is 0 Å². The fourth-order valence-corrected chi connectivity index (χ4v) is 3.96. The second kappa shape index (κ2) is 5.47. The van der Waals surface area contributed by atoms with Crippen molar-refractivity contribution in [1.29, 1.82) is 0 Å². The first-order valence-electron chi connectivity index (χ1n) is 6.68. The van der Waals surface area contributed by atoms with E-state index in [4.69, 9.17) is 5.73 Å². The molecule has 1 aliphatic rings. The molecule has 5 heteroatoms. The van der Waals surface area contributed by atoms with Crippen LogP contribution in [0.3, 0.4) is 0 Å². The number of likely N-dealkylation sites (N-methyl/N-ethyl adjacent to an activating group) is 1. The molecule has 0 aromatic heterocycles. The third-order valence-electron chi connectivity index (χ3n) is 4.75. The minimum atomic E-state index is -2.93. The first kappa shape index (κ1) is 15.9. The predicted octanol–water partition coefficient (Wildman–Crippen LogP) is 1.26. The van der Waals surface area contributed by atoms with E-state index in [0.717, 1.165) is 25.7 Å². The van der Waals surface area contributed by atoms with Crippen LogP contribution in [0.15, 0.2) is 0 Å². The zero-order valence-corrected chi connectivity index (χ0v) is 13.1. The van der Waals surface area contributed by atoms with Crippen molar-refractivity contribution < 1.29 is 8.42 Å². The van der Waals surface area contributed by atoms with E-state index in [1.807, 2.05) is 14.1 Å². The maximum absolute atomic E-state index is 11.7. The SMILES string of the molecule is CN(C)C(C)(C)C(N)C1CCCC(S(C)(=O)=O)C1. The maximum Gasteiger partial charge on any atom is 0.150 e. The van der Waals surface area contributed by atoms with E-state index in [9.17, 15) is 8.42 Å². The van der Waals surface area contributed by atoms with E-state index in [1.54, 1.807) is 0 Å². The van der Waals surface area contributed by atoms with Crippen molar-refractivity contribution in [1.82, 2.24) is 4.90 Å². The molecular formula is C13H28N2O2S. The molecule has 0 radical (unpaired) electrons. The third-order valence-corrected chi connectivity index (χ3v) is 6.39. The van der Waals surface area contributed by atoms with Gasteiger partial charge in [-0.3, -0.25) is 0 Å². The van der Waals surface area contributed by atoms with E-state index >= 15 is 0 Å². The number of rotatable bonds is 4. The van der Waals surface area contributed by atoms with Crippen LogP contribution in [0.25, 0.3) is 0 Å². The molecule has 0 aromatic rings. The molecule has 2 N–H and O–H groups in total. The maximum atomic E-state index is 11.7. The highest BCUT2D eigenvalue weighted by molar-refractivity contribution is 7.91. The molecule has 18 heavy (non-hydrogen) atoms. The van der Waals surface area contributed by atoms with Crippen LogP contribution in [0.5, 0.6) is 0 Å². The largest absolute Gasteiger partial charge is 0.326 e. The van der Waals surface area contributed by atoms with E-state index in [2.05, 4.69) is 18.7 Å². The van der Waals surface area contributed by atoms with Crippen molar-refractivity contribution in [2.24, 2.45) is 11.7 Å². The summed E-state index contributed by atoms with van der Waals surface area (Å²) in [6, 6.07) is 0.0112. The molecule has 0 amide bonds. The van der Waals surface area contributed by atoms with E-state index in [-0.39, 0.29) is 16.8 Å². The molecule has 0 bridgehead atoms. The smallest absolute Gasteiger partial charge is 0.150 e. The van der Waals surface area contributed by atoms with Crippen molar-refractivity contribution >= 4 is 9.84 Å². The van der Waals surface area contributed by atoms with E-state index < -0.39 is 9.84 Å². The second-order valence-electron chi connectivity index (χ2n) is 6.45. The average molecular weight is 276 g/mol. The molecule has 1 saturated carbocycles. The molecular weight excluding hydrogens is 248 g/mol. The van der Waals surface area contributed by atoms with E-state index in [1.165, 1.54) is 6.26 Å². The zero-order valence-electron chi connectivity index (χ0n) is 12.3. The lowest BCUT2D eigenvalue weighted by Gasteiger charge is -2.44. The highest BCUT2D eigenvalue weighted by Crippen LogP contribution is 2.34. The summed E-state index contributed by atoms with van der Waals surface area (Å²) in [4.78, 5) is 2.13. The van der Waals surface area contributed by atoms with Gasteiger partial charge >= 0.3 is 0 Å². The predicted molar refractivity (Wildman–Crippen MR) is 76.3 cm³/mol. The van der Waals surface area contributed by atoms with Gasteiger partial charge in [-0.15, -0.1) is 0 Å². The summed E-state index contributed by atoms with van der Waals surface area (Å²) in [7, 11) is 1.12. The summed E-state index contributed by atoms with van der Waals surface area (Å²) in [5.74, 6) is 0.302. The normalized spacial score (nSPS) is 28.4. The van der Waals surface area contributed by atoms with Crippen molar-refractivity contribution in [3.8, 4) is 0 Å². The summed E-state index contributed by atoms with van der Waals surface area (Å²) in [6.45, 7) is 4.25. The lowest BCUT2D eigenvalue weighted by Crippen LogP contribution is -2.57. The number of nitrogens with two attached hydrogens (primary N) is 1. The fourth-order valence-electron chi connectivity index (χ4n) is 2.77. The van der Waals surface area contributed by atoms with Crippen LogP contribution in [-0.4, -0.2) is 50.5 Å². The summed E-state index contributed by atoms with van der Waals surface area (Å²) in [6.07, 6.45) is 4.88. The summed E-state index contributed by atoms with van der Waals surface area (Å²) < 4.78 is 23.4. The van der Waals surface area contributed by atoms with Crippen molar-refractivity contribution in [2.75, 3.05) is 20.4 Å². The zero-order chi connectivity index (χ0) is 14.1. The van der Waals surface area contributed by atoms with Gasteiger partial charge in [-0.25, -0.2) is 8.42 Å². The standard InChI is InChI=1S/C13H28N2O2S/c1-13(2,15(3)4)12(14)10-7-6-8-11(9-10)18(5,16)17/h10-12H,6-9,14H2,1-5H3. The Hall–Kier alpha value is -0.130. The Morgan fingerprint density at radius 1 is 1.28 bits per heavy atom. The van der Waals surface area contributed by atoms with Crippen LogP contribution in [-0.2, 0) is 9.84 Å². The van der Waals surface area contributed by atoms with Crippen LogP contribution >= 0.6 is 0 Å². The second-order valence-corrected chi connectivity index (χ2v) is 8.78. The van der Waals surface area contributed by atoms with Gasteiger partial charge in [-0.05, 0) is 53.1 Å². The molecule has 108 valence electrons. The van der Waals surface area contributed by atoms with Gasteiger partial charge in [0.2, 0.25) is 0 Å². The van der Waals surface area contributed by atoms with Crippen molar-refractivity contribution in [2.45, 2.75) is 56.4 Å². The fraction of sp³-hybridized carbons (Fsp3) is 1.00. The van der Waals surface area contributed by atoms with Gasteiger partial charge in [-0.2, -0.15) is 0 Å². The number of nitrogens with zero attached hydrogens (tertiary/aromatic N) is 1. The van der Waals surface area contributed by atoms with Gasteiger partial charge in [-0.1, -0.05) is 6.42 Å². The van der Waals surface area contributed by atoms with Crippen molar-refractivity contribution in [3.05, 3.63) is 0 Å². The van der Waals surface area contributed by atoms with Gasteiger partial charge in [0, 0.05) is 17.8 Å². The Balaban J connectivity index is 2.79. The summed E-state index contributed by atoms with van der Waals surface area (Å²) in [5, 5.41) is -0.194. The van der Waals surface area contributed by atoms with Gasteiger partial charge < -0.3 is 10.6 Å². The lowest BCUT2D eigenvalue weighted by atomic mass is 9.76. The molecule has 0 spiro atoms. The van der Waals surface area contributed by atoms with Crippen LogP contribution in [0.1, 0.15) is 39.5 Å². The van der Waals surface area contributed by atoms with Crippen LogP contribution in [0.4, 0.5) is 0 Å². The van der Waals surface area contributed by atoms with Crippen LogP contribution in [0, 0.1) is 5.92 Å². The lowest BCUT2D eigenvalue weighted by molar-refractivity contribution is 0.110. The Bertz CT molecular complexity index is 376.